The molecule has 1 saturated carbocycles. The van der Waals surface area contributed by atoms with Gasteiger partial charge in [-0.25, -0.2) is 9.98 Å². The minimum Gasteiger partial charge on any atom is -0.370 e. The third-order valence-electron chi connectivity index (χ3n) is 5.72. The number of hydrogen-bond donors (Lipinski definition) is 4. The van der Waals surface area contributed by atoms with Crippen molar-refractivity contribution in [2.24, 2.45) is 16.5 Å². The van der Waals surface area contributed by atoms with Gasteiger partial charge in [-0.05, 0) is 56.2 Å². The Bertz CT molecular complexity index is 1240. The molecule has 1 aromatic heterocycles. The van der Waals surface area contributed by atoms with Crippen LogP contribution in [0.5, 0.6) is 0 Å². The molecule has 6 N–H and O–H groups in total. The Morgan fingerprint density at radius 2 is 1.88 bits per heavy atom. The number of fused-ring (bicyclic) bond motifs is 1. The zero-order valence-electron chi connectivity index (χ0n) is 18.4. The molecule has 1 amide bonds. The number of aryl methyl sites for hydroxylation is 1. The Morgan fingerprint density at radius 1 is 1.12 bits per heavy atom. The van der Waals surface area contributed by atoms with Crippen LogP contribution in [-0.4, -0.2) is 33.9 Å². The van der Waals surface area contributed by atoms with Crippen LogP contribution >= 0.6 is 0 Å². The lowest BCUT2D eigenvalue weighted by Gasteiger charge is -2.30. The van der Waals surface area contributed by atoms with E-state index in [-0.39, 0.29) is 29.9 Å². The molecule has 0 saturated heterocycles. The van der Waals surface area contributed by atoms with Gasteiger partial charge in [-0.15, -0.1) is 0 Å². The number of aromatic nitrogens is 2. The van der Waals surface area contributed by atoms with E-state index in [2.05, 4.69) is 25.6 Å². The number of amides is 1. The predicted octanol–water partition coefficient (Wildman–Crippen LogP) is 3.06. The third-order valence-corrected chi connectivity index (χ3v) is 5.72. The summed E-state index contributed by atoms with van der Waals surface area (Å²) in [5.41, 5.74) is 14.0. The number of anilines is 2. The van der Waals surface area contributed by atoms with Crippen LogP contribution in [0.1, 0.15) is 47.2 Å². The quantitative estimate of drug-likeness (QED) is 0.349. The molecule has 1 aliphatic rings. The van der Waals surface area contributed by atoms with E-state index in [0.717, 1.165) is 36.6 Å². The molecule has 168 valence electrons. The Hall–Kier alpha value is -4.19. The first-order valence-electron chi connectivity index (χ1n) is 10.9. The number of carbonyl (C=O) groups excluding carboxylic acids is 1. The van der Waals surface area contributed by atoms with Gasteiger partial charge in [0.05, 0.1) is 29.2 Å². The highest BCUT2D eigenvalue weighted by molar-refractivity contribution is 6.04. The molecular formula is C24H26N8O. The second kappa shape index (κ2) is 9.53. The van der Waals surface area contributed by atoms with Crippen molar-refractivity contribution in [2.45, 2.75) is 44.7 Å². The van der Waals surface area contributed by atoms with Crippen molar-refractivity contribution in [3.63, 3.8) is 0 Å². The molecule has 4 rings (SSSR count). The molecule has 1 aliphatic carbocycles. The Labute approximate surface area is 191 Å². The molecule has 9 nitrogen and oxygen atoms in total. The van der Waals surface area contributed by atoms with Crippen LogP contribution in [0.4, 0.5) is 11.8 Å². The molecule has 2 atom stereocenters. The fourth-order valence-corrected chi connectivity index (χ4v) is 4.08. The van der Waals surface area contributed by atoms with E-state index < -0.39 is 0 Å². The van der Waals surface area contributed by atoms with Gasteiger partial charge in [0.1, 0.15) is 5.82 Å². The fraction of sp³-hybridized carbons (Fsp3) is 0.292. The smallest absolute Gasteiger partial charge is 0.258 e. The number of rotatable bonds is 5. The van der Waals surface area contributed by atoms with E-state index in [0.29, 0.717) is 22.5 Å². The van der Waals surface area contributed by atoms with E-state index in [9.17, 15) is 4.79 Å². The lowest BCUT2D eigenvalue weighted by atomic mass is 9.90. The molecule has 0 aliphatic heterocycles. The van der Waals surface area contributed by atoms with Gasteiger partial charge in [0, 0.05) is 10.9 Å². The summed E-state index contributed by atoms with van der Waals surface area (Å²) in [4.78, 5) is 26.3. The standard InChI is InChI=1S/C24H26N8O/c1-14-6-11-18-17(12-14)21(28-19-4-2-3-5-20(19)29-23(26)27)31-24(30-18)32-22(33)16-9-7-15(13-25)8-10-16/h6-12,19-20H,2-5H2,1H3,(H4,26,27,29)(H2,28,30,31,32,33). The third kappa shape index (κ3) is 5.18. The fourth-order valence-electron chi connectivity index (χ4n) is 4.08. The van der Waals surface area contributed by atoms with Crippen LogP contribution in [0.3, 0.4) is 0 Å². The van der Waals surface area contributed by atoms with E-state index in [1.807, 2.05) is 31.2 Å². The number of nitrogens with zero attached hydrogens (tertiary/aromatic N) is 4. The zero-order valence-corrected chi connectivity index (χ0v) is 18.4. The highest BCUT2D eigenvalue weighted by Gasteiger charge is 2.26. The second-order valence-electron chi connectivity index (χ2n) is 8.22. The average molecular weight is 443 g/mol. The number of nitrogens with two attached hydrogens (primary N) is 2. The first kappa shape index (κ1) is 22.0. The van der Waals surface area contributed by atoms with Crippen molar-refractivity contribution in [1.29, 1.82) is 5.26 Å². The molecule has 0 bridgehead atoms. The summed E-state index contributed by atoms with van der Waals surface area (Å²) in [6, 6.07) is 14.3. The van der Waals surface area contributed by atoms with Crippen LogP contribution in [0.2, 0.25) is 0 Å². The minimum atomic E-state index is -0.354. The van der Waals surface area contributed by atoms with E-state index in [4.69, 9.17) is 16.7 Å². The van der Waals surface area contributed by atoms with Crippen molar-refractivity contribution >= 4 is 34.5 Å². The zero-order chi connectivity index (χ0) is 23.4. The van der Waals surface area contributed by atoms with Crippen LogP contribution in [0.25, 0.3) is 10.9 Å². The molecule has 0 spiro atoms. The van der Waals surface area contributed by atoms with Gasteiger partial charge >= 0.3 is 0 Å². The summed E-state index contributed by atoms with van der Waals surface area (Å²) in [6.45, 7) is 2.01. The molecule has 9 heteroatoms. The summed E-state index contributed by atoms with van der Waals surface area (Å²) < 4.78 is 0. The maximum atomic E-state index is 12.7. The highest BCUT2D eigenvalue weighted by atomic mass is 16.1. The summed E-state index contributed by atoms with van der Waals surface area (Å²) in [7, 11) is 0. The summed E-state index contributed by atoms with van der Waals surface area (Å²) in [5.74, 6) is 0.541. The first-order valence-corrected chi connectivity index (χ1v) is 10.9. The molecule has 2 unspecified atom stereocenters. The number of aliphatic imine (C=N–C) groups is 1. The minimum absolute atomic E-state index is 0.0153. The van der Waals surface area contributed by atoms with Gasteiger partial charge in [-0.2, -0.15) is 10.2 Å². The molecule has 1 fully saturated rings. The lowest BCUT2D eigenvalue weighted by Crippen LogP contribution is -2.38. The Kier molecular flexibility index (Phi) is 6.36. The summed E-state index contributed by atoms with van der Waals surface area (Å²) in [5, 5.41) is 16.1. The first-order chi connectivity index (χ1) is 15.9. The number of benzene rings is 2. The number of carbonyl (C=O) groups is 1. The predicted molar refractivity (Wildman–Crippen MR) is 129 cm³/mol. The van der Waals surface area contributed by atoms with Gasteiger partial charge in [0.15, 0.2) is 5.96 Å². The number of nitriles is 1. The molecule has 2 aromatic carbocycles. The lowest BCUT2D eigenvalue weighted by molar-refractivity contribution is 0.102. The summed E-state index contributed by atoms with van der Waals surface area (Å²) in [6.07, 6.45) is 3.93. The molecule has 33 heavy (non-hydrogen) atoms. The van der Waals surface area contributed by atoms with Crippen LogP contribution in [0, 0.1) is 18.3 Å². The van der Waals surface area contributed by atoms with Crippen molar-refractivity contribution in [1.82, 2.24) is 9.97 Å². The van der Waals surface area contributed by atoms with Crippen LogP contribution in [0.15, 0.2) is 47.5 Å². The van der Waals surface area contributed by atoms with Gasteiger partial charge in [-0.1, -0.05) is 24.5 Å². The van der Waals surface area contributed by atoms with E-state index >= 15 is 0 Å². The van der Waals surface area contributed by atoms with Gasteiger partial charge in [-0.3, -0.25) is 10.1 Å². The topological polar surface area (TPSA) is 155 Å². The summed E-state index contributed by atoms with van der Waals surface area (Å²) >= 11 is 0. The SMILES string of the molecule is Cc1ccc2nc(NC(=O)c3ccc(C#N)cc3)nc(NC3CCCCC3N=C(N)N)c2c1. The monoisotopic (exact) mass is 442 g/mol. The number of guanidine groups is 1. The molecule has 3 aromatic rings. The van der Waals surface area contributed by atoms with E-state index in [1.165, 1.54) is 0 Å². The van der Waals surface area contributed by atoms with Crippen LogP contribution in [-0.2, 0) is 0 Å². The maximum Gasteiger partial charge on any atom is 0.258 e. The van der Waals surface area contributed by atoms with Crippen molar-refractivity contribution in [3.05, 3.63) is 59.2 Å². The largest absolute Gasteiger partial charge is 0.370 e. The molecule has 0 radical (unpaired) electrons. The van der Waals surface area contributed by atoms with Gasteiger partial charge < -0.3 is 16.8 Å². The number of nitrogens with one attached hydrogen (secondary N) is 2. The number of hydrogen-bond acceptors (Lipinski definition) is 6. The molecule has 1 heterocycles. The van der Waals surface area contributed by atoms with Crippen molar-refractivity contribution in [3.8, 4) is 6.07 Å². The molecular weight excluding hydrogens is 416 g/mol. The Balaban J connectivity index is 1.66. The maximum absolute atomic E-state index is 12.7. The van der Waals surface area contributed by atoms with Gasteiger partial charge in [0.2, 0.25) is 5.95 Å². The Morgan fingerprint density at radius 3 is 2.61 bits per heavy atom. The van der Waals surface area contributed by atoms with Crippen molar-refractivity contribution in [2.75, 3.05) is 10.6 Å². The normalized spacial score (nSPS) is 17.7. The average Bonchev–Trinajstić information content (AvgIpc) is 2.80. The van der Waals surface area contributed by atoms with E-state index in [1.54, 1.807) is 24.3 Å². The second-order valence-corrected chi connectivity index (χ2v) is 8.22. The van der Waals surface area contributed by atoms with Gasteiger partial charge in [0.25, 0.3) is 5.91 Å². The van der Waals surface area contributed by atoms with Crippen molar-refractivity contribution < 1.29 is 4.79 Å². The van der Waals surface area contributed by atoms with Crippen LogP contribution < -0.4 is 22.1 Å². The highest BCUT2D eigenvalue weighted by Crippen LogP contribution is 2.29.